The van der Waals surface area contributed by atoms with Crippen molar-refractivity contribution in [3.05, 3.63) is 382 Å². The second-order valence-corrected chi connectivity index (χ2v) is 37.9. The minimum absolute atomic E-state index is 0.464. The van der Waals surface area contributed by atoms with Crippen LogP contribution < -0.4 is 18.3 Å². The fourth-order valence-electron chi connectivity index (χ4n) is 20.7. The SMILES string of the molecule is Cc1cc(-n2c3ccccc3c3cccc(C)c32)[n+](C)cc1-c1c(C(C)C)cccc1C(C)C.Cc1cccc(C)c1-c1cc[n+](C)c(-n2c3ccccc3c3cccc(C)c32)c1.Cc1cccc2c3ccccc3n(-c3cc(-c4c(C(C)C)cccc4C(C)C)cc[n+]3C)c12.Cc1cccc2c3ccccc3n(-c3ccc(-c4c(C(C)C)cccc4C(C)C)c[n+]3C)c12. The first-order chi connectivity index (χ1) is 62.1. The Morgan fingerprint density at radius 3 is 0.798 bits per heavy atom. The van der Waals surface area contributed by atoms with E-state index < -0.39 is 0 Å². The molecule has 20 rings (SSSR count). The van der Waals surface area contributed by atoms with Gasteiger partial charge in [0.05, 0.1) is 53.0 Å². The first-order valence-electron chi connectivity index (χ1n) is 46.5. The zero-order valence-electron chi connectivity index (χ0n) is 80.0. The molecule has 8 heteroatoms. The molecule has 0 amide bonds. The topological polar surface area (TPSA) is 35.2 Å². The van der Waals surface area contributed by atoms with Crippen LogP contribution in [0.25, 0.3) is 155 Å². The summed E-state index contributed by atoms with van der Waals surface area (Å²) in [6.07, 6.45) is 9.04. The first-order valence-corrected chi connectivity index (χ1v) is 46.5. The smallest absolute Gasteiger partial charge is 0.237 e. The summed E-state index contributed by atoms with van der Waals surface area (Å²) in [5, 5.41) is 10.4. The van der Waals surface area contributed by atoms with E-state index in [1.807, 2.05) is 0 Å². The summed E-state index contributed by atoms with van der Waals surface area (Å²) < 4.78 is 18.8. The maximum Gasteiger partial charge on any atom is 0.287 e. The molecule has 0 aliphatic rings. The van der Waals surface area contributed by atoms with E-state index in [1.54, 1.807) is 0 Å². The molecule has 0 N–H and O–H groups in total. The van der Waals surface area contributed by atoms with Gasteiger partial charge in [-0.15, -0.1) is 0 Å². The Bertz CT molecular complexity index is 7610. The molecule has 0 aliphatic heterocycles. The Morgan fingerprint density at radius 1 is 0.202 bits per heavy atom. The van der Waals surface area contributed by atoms with Gasteiger partial charge in [-0.05, 0) is 281 Å². The van der Waals surface area contributed by atoms with Crippen LogP contribution in [0.5, 0.6) is 0 Å². The van der Waals surface area contributed by atoms with Crippen molar-refractivity contribution in [2.45, 2.75) is 167 Å². The largest absolute Gasteiger partial charge is 0.287 e. The van der Waals surface area contributed by atoms with Gasteiger partial charge in [-0.25, -0.2) is 18.3 Å². The van der Waals surface area contributed by atoms with Crippen molar-refractivity contribution in [1.29, 1.82) is 0 Å². The Kier molecular flexibility index (Phi) is 24.4. The van der Waals surface area contributed by atoms with Gasteiger partial charge in [-0.1, -0.05) is 253 Å². The minimum Gasteiger partial charge on any atom is -0.237 e. The highest BCUT2D eigenvalue weighted by Gasteiger charge is 2.31. The number of benzene rings is 12. The normalized spacial score (nSPS) is 11.8. The highest BCUT2D eigenvalue weighted by molar-refractivity contribution is 6.13. The molecular weight excluding hydrogens is 1570 g/mol. The lowest BCUT2D eigenvalue weighted by Gasteiger charge is -2.21. The average Bonchev–Trinajstić information content (AvgIpc) is 1.60. The van der Waals surface area contributed by atoms with Crippen molar-refractivity contribution in [3.8, 4) is 67.8 Å². The molecule has 0 unspecified atom stereocenters. The highest BCUT2D eigenvalue weighted by Crippen LogP contribution is 2.45. The molecule has 0 aliphatic carbocycles. The number of fused-ring (bicyclic) bond motifs is 12. The number of nitrogens with zero attached hydrogens (tertiary/aromatic N) is 8. The molecule has 0 atom stereocenters. The maximum absolute atomic E-state index is 2.44. The predicted octanol–water partition coefficient (Wildman–Crippen LogP) is 30.0. The summed E-state index contributed by atoms with van der Waals surface area (Å²) in [5.74, 6) is 7.54. The quantitative estimate of drug-likeness (QED) is 0.0973. The van der Waals surface area contributed by atoms with Crippen molar-refractivity contribution in [1.82, 2.24) is 18.3 Å². The van der Waals surface area contributed by atoms with Crippen LogP contribution in [0.15, 0.2) is 310 Å². The molecule has 0 radical (unpaired) electrons. The molecule has 0 bridgehead atoms. The zero-order valence-corrected chi connectivity index (χ0v) is 80.0. The Labute approximate surface area is 764 Å². The maximum atomic E-state index is 2.44. The molecule has 8 aromatic heterocycles. The van der Waals surface area contributed by atoms with E-state index in [0.717, 1.165) is 0 Å². The van der Waals surface area contributed by atoms with Crippen molar-refractivity contribution in [2.24, 2.45) is 28.2 Å². The Hall–Kier alpha value is -13.6. The van der Waals surface area contributed by atoms with Gasteiger partial charge < -0.3 is 0 Å². The van der Waals surface area contributed by atoms with E-state index >= 15 is 0 Å². The second kappa shape index (κ2) is 35.9. The van der Waals surface area contributed by atoms with Crippen LogP contribution in [0, 0.1) is 48.5 Å². The lowest BCUT2D eigenvalue weighted by atomic mass is 9.84. The summed E-state index contributed by atoms with van der Waals surface area (Å²) in [5.41, 5.74) is 38.4. The van der Waals surface area contributed by atoms with Crippen LogP contribution in [-0.4, -0.2) is 18.3 Å². The second-order valence-electron chi connectivity index (χ2n) is 37.9. The Balaban J connectivity index is 0.000000121. The third kappa shape index (κ3) is 15.9. The molecule has 8 heterocycles. The third-order valence-electron chi connectivity index (χ3n) is 27.0. The van der Waals surface area contributed by atoms with Crippen LogP contribution in [-0.2, 0) is 28.2 Å². The molecular formula is C121H126N8+4. The van der Waals surface area contributed by atoms with E-state index in [4.69, 9.17) is 0 Å². The minimum atomic E-state index is 0.464. The highest BCUT2D eigenvalue weighted by atomic mass is 15.2. The predicted molar refractivity (Wildman–Crippen MR) is 547 cm³/mol. The van der Waals surface area contributed by atoms with E-state index in [0.29, 0.717) is 35.5 Å². The zero-order chi connectivity index (χ0) is 90.8. The van der Waals surface area contributed by atoms with Gasteiger partial charge in [0.1, 0.15) is 44.1 Å². The van der Waals surface area contributed by atoms with Crippen LogP contribution in [0.4, 0.5) is 0 Å². The number of aromatic nitrogens is 8. The van der Waals surface area contributed by atoms with Gasteiger partial charge in [0.15, 0.2) is 0 Å². The number of pyridine rings is 4. The molecule has 20 aromatic rings. The molecule has 0 saturated carbocycles. The van der Waals surface area contributed by atoms with E-state index in [-0.39, 0.29) is 0 Å². The van der Waals surface area contributed by atoms with E-state index in [9.17, 15) is 0 Å². The lowest BCUT2D eigenvalue weighted by molar-refractivity contribution is -0.665. The monoisotopic (exact) mass is 1690 g/mol. The summed E-state index contributed by atoms with van der Waals surface area (Å²) in [6, 6.07) is 104. The summed E-state index contributed by atoms with van der Waals surface area (Å²) >= 11 is 0. The molecule has 0 fully saturated rings. The number of hydrogen-bond acceptors (Lipinski definition) is 0. The summed E-state index contributed by atoms with van der Waals surface area (Å²) in [6.45, 7) is 43.0. The van der Waals surface area contributed by atoms with Gasteiger partial charge in [-0.3, -0.25) is 0 Å². The van der Waals surface area contributed by atoms with Crippen LogP contribution in [0.3, 0.4) is 0 Å². The number of hydrogen-bond donors (Lipinski definition) is 0. The molecule has 8 nitrogen and oxygen atoms in total. The van der Waals surface area contributed by atoms with Crippen molar-refractivity contribution in [3.63, 3.8) is 0 Å². The van der Waals surface area contributed by atoms with Gasteiger partial charge in [0, 0.05) is 78.5 Å². The average molecular weight is 1690 g/mol. The van der Waals surface area contributed by atoms with Crippen LogP contribution in [0.1, 0.15) is 191 Å². The first kappa shape index (κ1) is 87.5. The van der Waals surface area contributed by atoms with Crippen molar-refractivity contribution < 1.29 is 18.3 Å². The molecule has 129 heavy (non-hydrogen) atoms. The molecule has 12 aromatic carbocycles. The van der Waals surface area contributed by atoms with E-state index in [1.165, 1.54) is 227 Å². The van der Waals surface area contributed by atoms with Crippen molar-refractivity contribution >= 4 is 87.2 Å². The summed E-state index contributed by atoms with van der Waals surface area (Å²) in [7, 11) is 8.63. The molecule has 646 valence electrons. The number of aryl methyl sites for hydroxylation is 11. The van der Waals surface area contributed by atoms with Gasteiger partial charge in [0.2, 0.25) is 0 Å². The van der Waals surface area contributed by atoms with Crippen molar-refractivity contribution in [2.75, 3.05) is 0 Å². The van der Waals surface area contributed by atoms with Gasteiger partial charge >= 0.3 is 0 Å². The van der Waals surface area contributed by atoms with E-state index in [2.05, 4.69) is 506 Å². The fraction of sp³-hybridized carbons (Fsp3) is 0.240. The standard InChI is InChI=1S/C32H35N2.2C31H33N2.C27H25N2/c1-20(2)24-14-11-15-25(21(3)4)31(24)28-19-33(7)30(18-23(28)6)34-29-17-9-8-13-26(29)27-16-10-12-22(5)32(27)34;1-20(2)24-13-10-14-25(21(3)4)30(24)23-17-18-32(6)29(19-23)33-28-16-8-7-12-26(28)27-15-9-11-22(5)31(27)33;1-20(2)24-13-10-14-25(21(3)4)30(24)23-17-18-29(32(6)19-23)33-28-16-8-7-12-26(28)27-15-9-11-22(5)31(27)33;1-18-9-7-10-19(2)26(18)21-15-16-28(4)25(17-21)29-24-14-6-5-12-22(24)23-13-8-11-20(3)27(23)29/h8-21H,1-7H3;2*7-21H,1-6H3;5-17H,1-4H3/q4*+1. The van der Waals surface area contributed by atoms with Gasteiger partial charge in [-0.2, -0.15) is 18.3 Å². The third-order valence-corrected chi connectivity index (χ3v) is 27.0. The Morgan fingerprint density at radius 2 is 0.465 bits per heavy atom. The molecule has 0 saturated heterocycles. The fourth-order valence-corrected chi connectivity index (χ4v) is 20.7. The summed E-state index contributed by atoms with van der Waals surface area (Å²) in [4.78, 5) is 0. The van der Waals surface area contributed by atoms with Crippen LogP contribution in [0.2, 0.25) is 0 Å². The van der Waals surface area contributed by atoms with Gasteiger partial charge in [0.25, 0.3) is 23.3 Å². The van der Waals surface area contributed by atoms with Crippen LogP contribution >= 0.6 is 0 Å². The number of para-hydroxylation sites is 8. The number of rotatable bonds is 14. The molecule has 0 spiro atoms. The lowest BCUT2D eigenvalue weighted by Crippen LogP contribution is -2.34.